The highest BCUT2D eigenvalue weighted by molar-refractivity contribution is 9.10. The molecule has 0 bridgehead atoms. The Balaban J connectivity index is 1.18. The number of aromatic nitrogens is 6. The Morgan fingerprint density at radius 3 is 2.49 bits per heavy atom. The van der Waals surface area contributed by atoms with Crippen LogP contribution in [0.25, 0.3) is 22.2 Å². The van der Waals surface area contributed by atoms with Gasteiger partial charge in [0, 0.05) is 86.9 Å². The van der Waals surface area contributed by atoms with E-state index in [-0.39, 0.29) is 0 Å². The summed E-state index contributed by atoms with van der Waals surface area (Å²) < 4.78 is 14.8. The summed E-state index contributed by atoms with van der Waals surface area (Å²) in [6.07, 6.45) is 11.5. The summed E-state index contributed by atoms with van der Waals surface area (Å²) in [5.41, 5.74) is 6.15. The fourth-order valence-electron chi connectivity index (χ4n) is 6.54. The number of ether oxygens (including phenoxy) is 1. The molecule has 7 rings (SSSR count). The molecule has 256 valence electrons. The van der Waals surface area contributed by atoms with E-state index in [1.165, 1.54) is 12.8 Å². The molecular formula is C34H41BrN11O2P. The lowest BCUT2D eigenvalue weighted by Gasteiger charge is -2.42. The van der Waals surface area contributed by atoms with Crippen molar-refractivity contribution in [1.29, 1.82) is 0 Å². The Kier molecular flexibility index (Phi) is 10.1. The third-order valence-electron chi connectivity index (χ3n) is 8.93. The van der Waals surface area contributed by atoms with Crippen molar-refractivity contribution in [2.45, 2.75) is 18.9 Å². The van der Waals surface area contributed by atoms with E-state index in [2.05, 4.69) is 73.9 Å². The molecule has 0 atom stereocenters. The van der Waals surface area contributed by atoms with Gasteiger partial charge in [0.25, 0.3) is 0 Å². The van der Waals surface area contributed by atoms with Gasteiger partial charge in [0.05, 0.1) is 42.8 Å². The third-order valence-corrected chi connectivity index (χ3v) is 10.1. The fraction of sp³-hybridized carbons (Fsp3) is 0.382. The molecule has 0 unspecified atom stereocenters. The lowest BCUT2D eigenvalue weighted by molar-refractivity contribution is 0.153. The Morgan fingerprint density at radius 2 is 1.76 bits per heavy atom. The van der Waals surface area contributed by atoms with Crippen LogP contribution in [-0.4, -0.2) is 100 Å². The number of hydrogen-bond acceptors (Lipinski definition) is 12. The van der Waals surface area contributed by atoms with Crippen LogP contribution >= 0.6 is 24.1 Å². The number of nitrogens with one attached hydrogen (secondary N) is 3. The van der Waals surface area contributed by atoms with Crippen molar-refractivity contribution >= 4 is 63.9 Å². The van der Waals surface area contributed by atoms with E-state index >= 15 is 0 Å². The predicted molar refractivity (Wildman–Crippen MR) is 200 cm³/mol. The van der Waals surface area contributed by atoms with Crippen molar-refractivity contribution in [3.05, 3.63) is 59.7 Å². The van der Waals surface area contributed by atoms with E-state index in [1.807, 2.05) is 49.6 Å². The zero-order valence-electron chi connectivity index (χ0n) is 28.1. The van der Waals surface area contributed by atoms with Gasteiger partial charge < -0.3 is 30.1 Å². The zero-order chi connectivity index (χ0) is 33.9. The maximum atomic E-state index is 6.27. The molecule has 0 aliphatic carbocycles. The van der Waals surface area contributed by atoms with Crippen molar-refractivity contribution in [3.63, 3.8) is 0 Å². The molecule has 13 nitrogen and oxygen atoms in total. The molecule has 2 saturated heterocycles. The lowest BCUT2D eigenvalue weighted by atomic mass is 10.0. The Hall–Kier alpha value is -4.10. The minimum Gasteiger partial charge on any atom is -0.494 e. The summed E-state index contributed by atoms with van der Waals surface area (Å²) in [6.45, 7) is 10.3. The van der Waals surface area contributed by atoms with Gasteiger partial charge in [-0.25, -0.2) is 9.97 Å². The number of piperidine rings is 1. The second-order valence-corrected chi connectivity index (χ2v) is 15.0. The van der Waals surface area contributed by atoms with E-state index in [9.17, 15) is 0 Å². The second kappa shape index (κ2) is 14.8. The quantitative estimate of drug-likeness (QED) is 0.145. The number of anilines is 5. The number of nitrogens with zero attached hydrogens (tertiary/aromatic N) is 8. The highest BCUT2D eigenvalue weighted by Gasteiger charge is 2.27. The standard InChI is InChI=1S/C34H41BrN11O2P/c1-44-21-22(19-40-44)24-17-28(30(47-2)18-29(24)46-15-13-45(14-16-46)23-7-9-36-10-8-23)42-34-39-20-25(35)33(43-34)41-27-6-5-26-31(38-12-11-37-26)32(27)48-49(3)4/h5-6,11-12,17-21,23,36H,7-10,13-16H2,1-4H3,(H2,39,41,42,43). The van der Waals surface area contributed by atoms with Crippen LogP contribution in [0, 0.1) is 0 Å². The number of methoxy groups -OCH3 is 1. The molecule has 2 aliphatic rings. The van der Waals surface area contributed by atoms with Crippen LogP contribution < -0.4 is 30.1 Å². The van der Waals surface area contributed by atoms with Crippen molar-refractivity contribution in [3.8, 4) is 22.6 Å². The van der Waals surface area contributed by atoms with Crippen molar-refractivity contribution in [2.24, 2.45) is 7.05 Å². The molecule has 3 N–H and O–H groups in total. The molecule has 0 radical (unpaired) electrons. The van der Waals surface area contributed by atoms with Crippen molar-refractivity contribution in [2.75, 3.05) is 75.2 Å². The SMILES string of the molecule is COc1cc(N2CCN(C3CCNCC3)CC2)c(-c2cnn(C)c2)cc1Nc1ncc(Br)c(Nc2ccc3nccnc3c2OP(C)C)n1. The van der Waals surface area contributed by atoms with Crippen molar-refractivity contribution in [1.82, 2.24) is 39.9 Å². The summed E-state index contributed by atoms with van der Waals surface area (Å²) in [4.78, 5) is 23.6. The maximum absolute atomic E-state index is 6.27. The van der Waals surface area contributed by atoms with Gasteiger partial charge in [-0.05, 0) is 73.4 Å². The summed E-state index contributed by atoms with van der Waals surface area (Å²) >= 11 is 3.63. The highest BCUT2D eigenvalue weighted by atomic mass is 79.9. The normalized spacial score (nSPS) is 15.9. The monoisotopic (exact) mass is 745 g/mol. The molecule has 2 fully saturated rings. The minimum absolute atomic E-state index is 0.403. The molecule has 3 aromatic heterocycles. The van der Waals surface area contributed by atoms with Gasteiger partial charge in [-0.2, -0.15) is 10.1 Å². The van der Waals surface area contributed by atoms with Gasteiger partial charge in [-0.1, -0.05) is 0 Å². The van der Waals surface area contributed by atoms with Gasteiger partial charge in [-0.3, -0.25) is 14.6 Å². The number of aryl methyl sites for hydroxylation is 1. The zero-order valence-corrected chi connectivity index (χ0v) is 30.6. The Morgan fingerprint density at radius 1 is 0.959 bits per heavy atom. The largest absolute Gasteiger partial charge is 0.494 e. The number of benzene rings is 2. The van der Waals surface area contributed by atoms with Crippen LogP contribution in [-0.2, 0) is 7.05 Å². The molecule has 49 heavy (non-hydrogen) atoms. The minimum atomic E-state index is -0.721. The number of fused-ring (bicyclic) bond motifs is 1. The smallest absolute Gasteiger partial charge is 0.229 e. The predicted octanol–water partition coefficient (Wildman–Crippen LogP) is 5.99. The Labute approximate surface area is 295 Å². The molecule has 5 heterocycles. The number of rotatable bonds is 10. The molecule has 15 heteroatoms. The van der Waals surface area contributed by atoms with E-state index in [4.69, 9.17) is 14.2 Å². The van der Waals surface area contributed by atoms with E-state index in [1.54, 1.807) is 25.7 Å². The van der Waals surface area contributed by atoms with Crippen molar-refractivity contribution < 1.29 is 9.26 Å². The number of hydrogen-bond donors (Lipinski definition) is 3. The van der Waals surface area contributed by atoms with Crippen LogP contribution in [0.2, 0.25) is 0 Å². The van der Waals surface area contributed by atoms with Crippen LogP contribution in [0.15, 0.2) is 59.7 Å². The lowest BCUT2D eigenvalue weighted by Crippen LogP contribution is -2.52. The molecular weight excluding hydrogens is 705 g/mol. The number of halogens is 1. The first-order valence-corrected chi connectivity index (χ1v) is 19.4. The fourth-order valence-corrected chi connectivity index (χ4v) is 7.38. The molecule has 5 aromatic rings. The number of piperazine rings is 1. The average molecular weight is 747 g/mol. The summed E-state index contributed by atoms with van der Waals surface area (Å²) in [5, 5.41) is 14.9. The third kappa shape index (κ3) is 7.42. The summed E-state index contributed by atoms with van der Waals surface area (Å²) in [5.74, 6) is 2.31. The van der Waals surface area contributed by atoms with Gasteiger partial charge >= 0.3 is 0 Å². The molecule has 2 aliphatic heterocycles. The first-order chi connectivity index (χ1) is 23.9. The van der Waals surface area contributed by atoms with Gasteiger partial charge in [0.1, 0.15) is 17.1 Å². The first-order valence-electron chi connectivity index (χ1n) is 16.4. The topological polar surface area (TPSA) is 130 Å². The second-order valence-electron chi connectivity index (χ2n) is 12.4. The van der Waals surface area contributed by atoms with Crippen LogP contribution in [0.4, 0.5) is 28.8 Å². The van der Waals surface area contributed by atoms with Crippen LogP contribution in [0.3, 0.4) is 0 Å². The van der Waals surface area contributed by atoms with Gasteiger partial charge in [0.15, 0.2) is 5.75 Å². The van der Waals surface area contributed by atoms with E-state index in [0.717, 1.165) is 73.0 Å². The molecule has 0 saturated carbocycles. The average Bonchev–Trinajstić information content (AvgIpc) is 3.56. The molecule has 0 spiro atoms. The van der Waals surface area contributed by atoms with Crippen LogP contribution in [0.5, 0.6) is 11.5 Å². The summed E-state index contributed by atoms with van der Waals surface area (Å²) in [7, 11) is 2.91. The highest BCUT2D eigenvalue weighted by Crippen LogP contribution is 2.43. The molecule has 2 aromatic carbocycles. The van der Waals surface area contributed by atoms with E-state index in [0.29, 0.717) is 39.3 Å². The van der Waals surface area contributed by atoms with Gasteiger partial charge in [-0.15, -0.1) is 0 Å². The van der Waals surface area contributed by atoms with Gasteiger partial charge in [0.2, 0.25) is 5.95 Å². The van der Waals surface area contributed by atoms with E-state index < -0.39 is 8.15 Å². The first kappa shape index (κ1) is 33.4. The maximum Gasteiger partial charge on any atom is 0.229 e. The van der Waals surface area contributed by atoms with Crippen LogP contribution in [0.1, 0.15) is 12.8 Å². The molecule has 0 amide bonds. The summed E-state index contributed by atoms with van der Waals surface area (Å²) in [6, 6.07) is 8.75. The Bertz CT molecular complexity index is 1930.